The summed E-state index contributed by atoms with van der Waals surface area (Å²) in [5.41, 5.74) is 1.80. The molecule has 9 nitrogen and oxygen atoms in total. The molecule has 296 valence electrons. The molecule has 0 N–H and O–H groups in total. The summed E-state index contributed by atoms with van der Waals surface area (Å²) in [6.07, 6.45) is 1.58. The van der Waals surface area contributed by atoms with E-state index in [0.717, 1.165) is 26.4 Å². The Labute approximate surface area is 1290 Å². The molecule has 1 saturated heterocycles. The third kappa shape index (κ3) is 87.8. The van der Waals surface area contributed by atoms with Crippen molar-refractivity contribution in [1.29, 1.82) is 0 Å². The average Bonchev–Trinajstić information content (AvgIpc) is 3.39. The summed E-state index contributed by atoms with van der Waals surface area (Å²) in [6.45, 7) is 23.6. The van der Waals surface area contributed by atoms with E-state index in [-0.39, 0.29) is 1080 Å². The van der Waals surface area contributed by atoms with E-state index < -0.39 is 19.6 Å². The topological polar surface area (TPSA) is 86.8 Å². The van der Waals surface area contributed by atoms with Crippen LogP contribution < -0.4 is 1030 Å². The maximum Gasteiger partial charge on any atom is 1.00 e. The molecule has 0 aliphatic carbocycles. The summed E-state index contributed by atoms with van der Waals surface area (Å²) in [6, 6.07) is 20.9. The molecule has 1 aliphatic rings. The van der Waals surface area contributed by atoms with Crippen LogP contribution in [0.15, 0.2) is 73.0 Å². The largest absolute Gasteiger partial charge is 1.00 e. The summed E-state index contributed by atoms with van der Waals surface area (Å²) >= 11 is 0. The molecule has 0 bridgehead atoms. The molecule has 66 heavy (non-hydrogen) atoms. The number of carbonyl (C=O) groups is 2. The summed E-state index contributed by atoms with van der Waals surface area (Å²) in [5, 5.41) is 0. The van der Waals surface area contributed by atoms with Crippen LogP contribution in [-0.2, 0) is 46.4 Å². The Kier molecular flexibility index (Phi) is 229. The van der Waals surface area contributed by atoms with Gasteiger partial charge >= 0.3 is 1040 Å². The standard InChI is InChI=1S/C16H23NO3.C13H23NOSi.C7H11O3.20K.20H/c1-13(2)20-16(15(18)19-3)9-10-17(12-16)11-14-7-5-4-6-8-14;1-15-11-14(12-16(2,3)4)10-13-8-6-5-7-9-13;1-5(2)10-6(3)7(8)9-4;;;;;;;;;;;;;;;;;;;;;;;;;;;;;;;;;;;;;;;;/h4-8,13H,9-12H2,1-3H3;5-9H,10-12H2,1-4H3;5H,1,3H2,2,4H3;;;;;;;;;;;;;;;;;;;;;;;;;;;;;;;;;;;;;;;;/q;;21*+1;20*-1. The molecule has 30 heteroatoms. The zero-order chi connectivity index (χ0) is 34.8. The van der Waals surface area contributed by atoms with Crippen molar-refractivity contribution in [2.24, 2.45) is 0 Å². The fourth-order valence-corrected chi connectivity index (χ4v) is 6.57. The number of rotatable bonds is 14. The summed E-state index contributed by atoms with van der Waals surface area (Å²) in [7, 11) is 3.39. The van der Waals surface area contributed by atoms with Gasteiger partial charge in [0.05, 0.1) is 35.1 Å². The van der Waals surface area contributed by atoms with Gasteiger partial charge in [0.1, 0.15) is 6.92 Å². The Morgan fingerprint density at radius 2 is 1.09 bits per heavy atom. The molecule has 3 rings (SSSR count). The first-order valence-corrected chi connectivity index (χ1v) is 19.4. The van der Waals surface area contributed by atoms with Gasteiger partial charge in [0.15, 0.2) is 5.60 Å². The van der Waals surface area contributed by atoms with Gasteiger partial charge in [-0.15, -0.1) is 0 Å². The smallest absolute Gasteiger partial charge is 1.00 e. The summed E-state index contributed by atoms with van der Waals surface area (Å²) in [4.78, 5) is 27.3. The van der Waals surface area contributed by atoms with Crippen molar-refractivity contribution in [2.75, 3.05) is 47.3 Å². The third-order valence-corrected chi connectivity index (χ3v) is 7.99. The van der Waals surface area contributed by atoms with Gasteiger partial charge in [-0.05, 0) is 37.7 Å². The van der Waals surface area contributed by atoms with Crippen LogP contribution in [0.4, 0.5) is 0 Å². The molecule has 2 aromatic carbocycles. The predicted octanol–water partition coefficient (Wildman–Crippen LogP) is -51.6. The van der Waals surface area contributed by atoms with Crippen molar-refractivity contribution in [2.45, 2.75) is 77.7 Å². The number of likely N-dealkylation sites (tertiary alicyclic amines) is 1. The number of nitrogens with zero attached hydrogens (tertiary/aromatic N) is 2. The molecule has 0 saturated carbocycles. The van der Waals surface area contributed by atoms with E-state index in [0.29, 0.717) is 13.0 Å². The zero-order valence-corrected chi connectivity index (χ0v) is 113. The maximum absolute atomic E-state index is 12.1. The van der Waals surface area contributed by atoms with Gasteiger partial charge < -0.3 is 52.2 Å². The fourth-order valence-electron chi connectivity index (χ4n) is 5.03. The van der Waals surface area contributed by atoms with Crippen LogP contribution in [-0.4, -0.2) is 94.9 Å². The molecule has 1 aliphatic heterocycles. The zero-order valence-electron chi connectivity index (χ0n) is 69.5. The Morgan fingerprint density at radius 3 is 1.41 bits per heavy atom. The SMILES string of the molecule is C=C(OC([CH2+])C)C(=O)OC.COC(=O)C1(OC(C)C)CCN(Cc2ccccc2)C1.COCN(Cc1ccccc1)C[Si](C)(C)C.[H-].[H-].[H-].[H-].[H-].[H-].[H-].[H-].[H-].[H-].[H-].[H-].[H-].[H-].[H-].[H-].[H-].[H-].[H-].[H-].[K+].[K+].[K+].[K+].[K+].[K+].[K+].[K+].[K+].[K+].[K+].[K+].[K+].[K+].[K+].[K+].[K+].[K+].[K+].[K+]. The van der Waals surface area contributed by atoms with E-state index in [9.17, 15) is 9.59 Å². The maximum atomic E-state index is 12.1. The van der Waals surface area contributed by atoms with Crippen molar-refractivity contribution in [3.05, 3.63) is 91.1 Å². The molecule has 2 unspecified atom stereocenters. The van der Waals surface area contributed by atoms with E-state index in [1.165, 1.54) is 31.5 Å². The first-order valence-electron chi connectivity index (χ1n) is 15.7. The third-order valence-electron chi connectivity index (χ3n) is 6.59. The van der Waals surface area contributed by atoms with Gasteiger partial charge in [-0.2, -0.15) is 0 Å². The van der Waals surface area contributed by atoms with E-state index in [4.69, 9.17) is 18.9 Å². The van der Waals surface area contributed by atoms with Crippen LogP contribution in [0, 0.1) is 6.92 Å². The van der Waals surface area contributed by atoms with E-state index in [2.05, 4.69) is 90.1 Å². The molecule has 1 heterocycles. The number of hydrogen-bond acceptors (Lipinski definition) is 9. The van der Waals surface area contributed by atoms with Crippen LogP contribution in [0.5, 0.6) is 0 Å². The molecular weight excluding hydrogens is 1380 g/mol. The second kappa shape index (κ2) is 101. The monoisotopic (exact) mass is 1460 g/mol. The van der Waals surface area contributed by atoms with E-state index >= 15 is 0 Å². The number of carbonyl (C=O) groups excluding carboxylic acids is 2. The van der Waals surface area contributed by atoms with Gasteiger partial charge in [-0.1, -0.05) is 80.3 Å². The normalized spacial score (nSPS) is 11.7. The molecule has 0 amide bonds. The second-order valence-electron chi connectivity index (χ2n) is 12.9. The molecule has 2 atom stereocenters. The first kappa shape index (κ1) is 150. The van der Waals surface area contributed by atoms with Crippen molar-refractivity contribution < 1.29 is 1090 Å². The molecule has 0 spiro atoms. The number of hydrogen-bond donors (Lipinski definition) is 0. The van der Waals surface area contributed by atoms with Crippen LogP contribution in [0.3, 0.4) is 0 Å². The van der Waals surface area contributed by atoms with Gasteiger partial charge in [-0.25, -0.2) is 9.59 Å². The van der Waals surface area contributed by atoms with Gasteiger partial charge in [0.25, 0.3) is 0 Å². The number of esters is 2. The van der Waals surface area contributed by atoms with Crippen molar-refractivity contribution in [3.8, 4) is 0 Å². The van der Waals surface area contributed by atoms with E-state index in [1.54, 1.807) is 14.0 Å². The quantitative estimate of drug-likeness (QED) is 0.0458. The molecule has 1 fully saturated rings. The van der Waals surface area contributed by atoms with Crippen LogP contribution in [0.1, 0.15) is 66.9 Å². The van der Waals surface area contributed by atoms with Crippen LogP contribution in [0.25, 0.3) is 0 Å². The minimum atomic E-state index is -1.07. The molecule has 0 radical (unpaired) electrons. The molecule has 0 aromatic heterocycles. The number of benzene rings is 2. The fraction of sp³-hybridized carbons (Fsp3) is 0.528. The van der Waals surface area contributed by atoms with Gasteiger partial charge in [0, 0.05) is 46.6 Å². The second-order valence-corrected chi connectivity index (χ2v) is 18.3. The number of methoxy groups -OCH3 is 3. The van der Waals surface area contributed by atoms with Gasteiger partial charge in [-0.3, -0.25) is 9.80 Å². The van der Waals surface area contributed by atoms with Crippen molar-refractivity contribution in [3.63, 3.8) is 0 Å². The summed E-state index contributed by atoms with van der Waals surface area (Å²) in [5.74, 6) is -0.831. The predicted molar refractivity (Wildman–Crippen MR) is 209 cm³/mol. The van der Waals surface area contributed by atoms with Crippen molar-refractivity contribution in [1.82, 2.24) is 9.80 Å². The first-order chi connectivity index (χ1) is 21.6. The minimum absolute atomic E-state index is 0. The Morgan fingerprint density at radius 1 is 0.697 bits per heavy atom. The van der Waals surface area contributed by atoms with Gasteiger partial charge in [0.2, 0.25) is 11.9 Å². The van der Waals surface area contributed by atoms with Crippen LogP contribution >= 0.6 is 0 Å². The average molecular weight is 1460 g/mol. The van der Waals surface area contributed by atoms with E-state index in [1.807, 2.05) is 32.0 Å². The Bertz CT molecular complexity index is 1280. The van der Waals surface area contributed by atoms with Crippen molar-refractivity contribution >= 4 is 20.0 Å². The minimum Gasteiger partial charge on any atom is -1.00 e. The molecular formula is C36H77K20N2O7Si+. The van der Waals surface area contributed by atoms with Crippen LogP contribution in [0.2, 0.25) is 19.6 Å². The number of ether oxygens (including phenoxy) is 5. The summed E-state index contributed by atoms with van der Waals surface area (Å²) < 4.78 is 25.3. The Balaban J connectivity index is -0.00000000805. The Hall–Kier alpha value is 29.6. The molecule has 2 aromatic rings.